The molecule has 1 aliphatic rings. The van der Waals surface area contributed by atoms with Gasteiger partial charge in [-0.05, 0) is 56.4 Å². The standard InChI is InChI=1S/C22H23N3O4S/c1-2-5-19(26)23-15-10-8-14(9-11-15)21(28)29-13-16-12-20(27)25-17-6-3-4-7-18(17)30-22(25)24-16/h8-12H,2-7,13H2,1H3,(H,23,26). The normalized spacial score (nSPS) is 13.1. The Morgan fingerprint density at radius 1 is 1.20 bits per heavy atom. The van der Waals surface area contributed by atoms with E-state index in [9.17, 15) is 14.4 Å². The monoisotopic (exact) mass is 425 g/mol. The Morgan fingerprint density at radius 2 is 1.97 bits per heavy atom. The van der Waals surface area contributed by atoms with Crippen LogP contribution in [0.15, 0.2) is 35.1 Å². The number of aromatic nitrogens is 2. The molecule has 0 atom stereocenters. The van der Waals surface area contributed by atoms with Gasteiger partial charge in [-0.25, -0.2) is 9.78 Å². The summed E-state index contributed by atoms with van der Waals surface area (Å²) in [6.45, 7) is 1.87. The van der Waals surface area contributed by atoms with Gasteiger partial charge < -0.3 is 10.1 Å². The number of hydrogen-bond acceptors (Lipinski definition) is 6. The molecule has 0 fully saturated rings. The van der Waals surface area contributed by atoms with Crippen molar-refractivity contribution in [3.05, 3.63) is 62.5 Å². The average molecular weight is 426 g/mol. The molecule has 1 amide bonds. The Morgan fingerprint density at radius 3 is 2.73 bits per heavy atom. The lowest BCUT2D eigenvalue weighted by molar-refractivity contribution is -0.116. The fraction of sp³-hybridized carbons (Fsp3) is 0.364. The van der Waals surface area contributed by atoms with Crippen molar-refractivity contribution < 1.29 is 14.3 Å². The van der Waals surface area contributed by atoms with Crippen LogP contribution < -0.4 is 10.9 Å². The number of carbonyl (C=O) groups excluding carboxylic acids is 2. The van der Waals surface area contributed by atoms with E-state index >= 15 is 0 Å². The molecule has 1 N–H and O–H groups in total. The third-order valence-corrected chi connectivity index (χ3v) is 6.19. The van der Waals surface area contributed by atoms with Crippen LogP contribution in [0, 0.1) is 0 Å². The van der Waals surface area contributed by atoms with E-state index in [1.54, 1.807) is 40.0 Å². The summed E-state index contributed by atoms with van der Waals surface area (Å²) in [4.78, 5) is 43.0. The summed E-state index contributed by atoms with van der Waals surface area (Å²) < 4.78 is 7.04. The second kappa shape index (κ2) is 8.79. The summed E-state index contributed by atoms with van der Waals surface area (Å²) in [5.41, 5.74) is 2.39. The van der Waals surface area contributed by atoms with Crippen LogP contribution in [0.5, 0.6) is 0 Å². The van der Waals surface area contributed by atoms with Crippen LogP contribution in [-0.2, 0) is 29.0 Å². The minimum atomic E-state index is -0.506. The van der Waals surface area contributed by atoms with Crippen molar-refractivity contribution in [1.82, 2.24) is 9.38 Å². The zero-order chi connectivity index (χ0) is 21.1. The third kappa shape index (κ3) is 4.28. The number of nitrogens with zero attached hydrogens (tertiary/aromatic N) is 2. The van der Waals surface area contributed by atoms with E-state index in [1.165, 1.54) is 10.9 Å². The van der Waals surface area contributed by atoms with Gasteiger partial charge in [-0.15, -0.1) is 11.3 Å². The number of hydrogen-bond donors (Lipinski definition) is 1. The highest BCUT2D eigenvalue weighted by Gasteiger charge is 2.19. The minimum absolute atomic E-state index is 0.0594. The molecule has 2 aromatic heterocycles. The largest absolute Gasteiger partial charge is 0.456 e. The Balaban J connectivity index is 1.43. The van der Waals surface area contributed by atoms with Gasteiger partial charge in [0.15, 0.2) is 4.96 Å². The van der Waals surface area contributed by atoms with Gasteiger partial charge in [-0.3, -0.25) is 14.0 Å². The molecule has 0 aliphatic heterocycles. The van der Waals surface area contributed by atoms with Gasteiger partial charge >= 0.3 is 5.97 Å². The predicted molar refractivity (Wildman–Crippen MR) is 115 cm³/mol. The van der Waals surface area contributed by atoms with Crippen molar-refractivity contribution in [2.75, 3.05) is 5.32 Å². The molecule has 7 nitrogen and oxygen atoms in total. The number of aryl methyl sites for hydroxylation is 2. The molecule has 0 saturated carbocycles. The maximum atomic E-state index is 12.6. The molecule has 2 heterocycles. The number of nitrogens with one attached hydrogen (secondary N) is 1. The van der Waals surface area contributed by atoms with E-state index in [0.29, 0.717) is 28.3 Å². The highest BCUT2D eigenvalue weighted by Crippen LogP contribution is 2.28. The van der Waals surface area contributed by atoms with Crippen LogP contribution in [0.3, 0.4) is 0 Å². The number of ether oxygens (including phenoxy) is 1. The van der Waals surface area contributed by atoms with E-state index in [2.05, 4.69) is 10.3 Å². The number of carbonyl (C=O) groups is 2. The average Bonchev–Trinajstić information content (AvgIpc) is 3.11. The number of anilines is 1. The molecule has 0 bridgehead atoms. The van der Waals surface area contributed by atoms with Gasteiger partial charge in [0.2, 0.25) is 5.91 Å². The predicted octanol–water partition coefficient (Wildman–Crippen LogP) is 3.73. The van der Waals surface area contributed by atoms with E-state index in [1.807, 2.05) is 6.92 Å². The highest BCUT2D eigenvalue weighted by molar-refractivity contribution is 7.17. The molecule has 3 aromatic rings. The zero-order valence-electron chi connectivity index (χ0n) is 16.8. The van der Waals surface area contributed by atoms with Crippen molar-refractivity contribution >= 4 is 33.9 Å². The Bertz CT molecular complexity index is 1150. The first kappa shape index (κ1) is 20.3. The Kier molecular flexibility index (Phi) is 5.94. The topological polar surface area (TPSA) is 89.8 Å². The number of rotatable bonds is 6. The lowest BCUT2D eigenvalue weighted by atomic mass is 10.0. The number of benzene rings is 1. The van der Waals surface area contributed by atoms with E-state index in [0.717, 1.165) is 37.8 Å². The molecule has 156 valence electrons. The van der Waals surface area contributed by atoms with E-state index < -0.39 is 5.97 Å². The summed E-state index contributed by atoms with van der Waals surface area (Å²) >= 11 is 1.55. The molecule has 1 aromatic carbocycles. The van der Waals surface area contributed by atoms with Crippen LogP contribution >= 0.6 is 11.3 Å². The second-order valence-electron chi connectivity index (χ2n) is 7.33. The van der Waals surface area contributed by atoms with Crippen LogP contribution in [0.25, 0.3) is 4.96 Å². The summed E-state index contributed by atoms with van der Waals surface area (Å²) in [7, 11) is 0. The van der Waals surface area contributed by atoms with E-state index in [4.69, 9.17) is 4.74 Å². The van der Waals surface area contributed by atoms with Crippen LogP contribution in [-0.4, -0.2) is 21.3 Å². The molecule has 8 heteroatoms. The smallest absolute Gasteiger partial charge is 0.338 e. The van der Waals surface area contributed by atoms with Gasteiger partial charge in [0.25, 0.3) is 5.56 Å². The van der Waals surface area contributed by atoms with Crippen molar-refractivity contribution in [3.63, 3.8) is 0 Å². The zero-order valence-corrected chi connectivity index (χ0v) is 17.6. The van der Waals surface area contributed by atoms with Crippen LogP contribution in [0.2, 0.25) is 0 Å². The molecule has 4 rings (SSSR count). The molecule has 0 radical (unpaired) electrons. The minimum Gasteiger partial charge on any atom is -0.456 e. The van der Waals surface area contributed by atoms with Gasteiger partial charge in [0.05, 0.1) is 11.3 Å². The summed E-state index contributed by atoms with van der Waals surface area (Å²) in [6, 6.07) is 7.97. The van der Waals surface area contributed by atoms with Crippen molar-refractivity contribution in [2.24, 2.45) is 0 Å². The summed E-state index contributed by atoms with van der Waals surface area (Å²) in [5, 5.41) is 2.77. The quantitative estimate of drug-likeness (QED) is 0.608. The molecule has 1 aliphatic carbocycles. The van der Waals surface area contributed by atoms with Crippen molar-refractivity contribution in [3.8, 4) is 0 Å². The first-order valence-electron chi connectivity index (χ1n) is 10.2. The fourth-order valence-electron chi connectivity index (χ4n) is 3.58. The van der Waals surface area contributed by atoms with Crippen LogP contribution in [0.4, 0.5) is 5.69 Å². The lowest BCUT2D eigenvalue weighted by Gasteiger charge is -2.10. The third-order valence-electron chi connectivity index (χ3n) is 5.05. The Labute approximate surface area is 177 Å². The first-order chi connectivity index (χ1) is 14.5. The molecule has 0 spiro atoms. The molecular formula is C22H23N3O4S. The van der Waals surface area contributed by atoms with Gasteiger partial charge in [0.1, 0.15) is 6.61 Å². The first-order valence-corrected chi connectivity index (χ1v) is 11.0. The maximum Gasteiger partial charge on any atom is 0.338 e. The molecule has 30 heavy (non-hydrogen) atoms. The van der Waals surface area contributed by atoms with Crippen LogP contribution in [0.1, 0.15) is 59.2 Å². The SMILES string of the molecule is CCCC(=O)Nc1ccc(C(=O)OCc2cc(=O)n3c4c(sc3n2)CCCC4)cc1. The fourth-order valence-corrected chi connectivity index (χ4v) is 4.81. The number of esters is 1. The van der Waals surface area contributed by atoms with Gasteiger partial charge in [-0.1, -0.05) is 6.92 Å². The molecule has 0 saturated heterocycles. The van der Waals surface area contributed by atoms with Crippen molar-refractivity contribution in [2.45, 2.75) is 52.1 Å². The Hall–Kier alpha value is -3.00. The van der Waals surface area contributed by atoms with Gasteiger partial charge in [0, 0.05) is 28.7 Å². The second-order valence-corrected chi connectivity index (χ2v) is 8.40. The number of thiazole rings is 1. The summed E-state index contributed by atoms with van der Waals surface area (Å²) in [6.07, 6.45) is 5.34. The van der Waals surface area contributed by atoms with Crippen molar-refractivity contribution in [1.29, 1.82) is 0 Å². The highest BCUT2D eigenvalue weighted by atomic mass is 32.1. The van der Waals surface area contributed by atoms with E-state index in [-0.39, 0.29) is 18.1 Å². The van der Waals surface area contributed by atoms with Gasteiger partial charge in [-0.2, -0.15) is 0 Å². The molecular weight excluding hydrogens is 402 g/mol. The molecule has 0 unspecified atom stereocenters. The number of amides is 1. The maximum absolute atomic E-state index is 12.6. The summed E-state index contributed by atoms with van der Waals surface area (Å²) in [5.74, 6) is -0.565. The lowest BCUT2D eigenvalue weighted by Crippen LogP contribution is -2.18. The number of fused-ring (bicyclic) bond motifs is 3.